The van der Waals surface area contributed by atoms with Crippen molar-refractivity contribution in [2.45, 2.75) is 26.8 Å². The molecule has 8 heteroatoms. The van der Waals surface area contributed by atoms with Gasteiger partial charge >= 0.3 is 0 Å². The first-order valence-electron chi connectivity index (χ1n) is 8.60. The molecule has 2 N–H and O–H groups in total. The summed E-state index contributed by atoms with van der Waals surface area (Å²) >= 11 is 0. The molecule has 2 aromatic rings. The topological polar surface area (TPSA) is 72.7 Å². The van der Waals surface area contributed by atoms with Crippen LogP contribution in [0.15, 0.2) is 41.7 Å². The minimum Gasteiger partial charge on any atom is -0.493 e. The Balaban J connectivity index is 0.00000338. The third kappa shape index (κ3) is 7.11. The second-order valence-electron chi connectivity index (χ2n) is 5.31. The molecular weight excluding hydrogens is 445 g/mol. The molecule has 0 unspecified atom stereocenters. The minimum absolute atomic E-state index is 0. The van der Waals surface area contributed by atoms with Crippen LogP contribution in [0.25, 0.3) is 0 Å². The molecular formula is C18H28IN5O2. The van der Waals surface area contributed by atoms with Gasteiger partial charge in [0.15, 0.2) is 17.5 Å². The van der Waals surface area contributed by atoms with Gasteiger partial charge in [0.05, 0.1) is 13.7 Å². The van der Waals surface area contributed by atoms with Gasteiger partial charge in [0.25, 0.3) is 0 Å². The summed E-state index contributed by atoms with van der Waals surface area (Å²) in [7, 11) is 1.64. The number of methoxy groups -OCH3 is 1. The van der Waals surface area contributed by atoms with Crippen LogP contribution in [0, 0.1) is 0 Å². The number of halogens is 1. The highest BCUT2D eigenvalue weighted by atomic mass is 127. The maximum atomic E-state index is 5.54. The average Bonchev–Trinajstić information content (AvgIpc) is 3.13. The van der Waals surface area contributed by atoms with Crippen molar-refractivity contribution in [2.75, 3.05) is 32.1 Å². The van der Waals surface area contributed by atoms with Crippen LogP contribution in [0.3, 0.4) is 0 Å². The number of anilines is 1. The van der Waals surface area contributed by atoms with Crippen molar-refractivity contribution in [3.8, 4) is 11.5 Å². The molecule has 144 valence electrons. The lowest BCUT2D eigenvalue weighted by Gasteiger charge is -2.14. The SMILES string of the molecule is CCNC(=NCCCn1cccn1)Nc1ccc(OCC)c(OC)c1.I. The molecule has 0 aliphatic heterocycles. The molecule has 0 radical (unpaired) electrons. The molecule has 0 saturated heterocycles. The number of nitrogens with one attached hydrogen (secondary N) is 2. The average molecular weight is 473 g/mol. The molecule has 0 bridgehead atoms. The molecule has 0 atom stereocenters. The molecule has 7 nitrogen and oxygen atoms in total. The fraction of sp³-hybridized carbons (Fsp3) is 0.444. The fourth-order valence-electron chi connectivity index (χ4n) is 2.32. The number of hydrogen-bond donors (Lipinski definition) is 2. The number of aryl methyl sites for hydroxylation is 1. The number of aliphatic imine (C=N–C) groups is 1. The smallest absolute Gasteiger partial charge is 0.195 e. The lowest BCUT2D eigenvalue weighted by molar-refractivity contribution is 0.311. The maximum absolute atomic E-state index is 5.54. The lowest BCUT2D eigenvalue weighted by atomic mass is 10.2. The van der Waals surface area contributed by atoms with Gasteiger partial charge in [-0.2, -0.15) is 5.10 Å². The van der Waals surface area contributed by atoms with Crippen molar-refractivity contribution in [2.24, 2.45) is 4.99 Å². The Morgan fingerprint density at radius 2 is 2.12 bits per heavy atom. The summed E-state index contributed by atoms with van der Waals surface area (Å²) in [6, 6.07) is 7.67. The van der Waals surface area contributed by atoms with E-state index in [2.05, 4.69) is 20.7 Å². The summed E-state index contributed by atoms with van der Waals surface area (Å²) < 4.78 is 12.8. The van der Waals surface area contributed by atoms with E-state index in [1.807, 2.05) is 49.0 Å². The summed E-state index contributed by atoms with van der Waals surface area (Å²) in [5, 5.41) is 10.7. The van der Waals surface area contributed by atoms with Crippen LogP contribution < -0.4 is 20.1 Å². The van der Waals surface area contributed by atoms with E-state index in [0.29, 0.717) is 18.9 Å². The summed E-state index contributed by atoms with van der Waals surface area (Å²) in [4.78, 5) is 4.60. The first-order valence-corrected chi connectivity index (χ1v) is 8.60. The molecule has 0 aliphatic carbocycles. The Morgan fingerprint density at radius 3 is 2.77 bits per heavy atom. The van der Waals surface area contributed by atoms with Crippen molar-refractivity contribution in [1.29, 1.82) is 0 Å². The van der Waals surface area contributed by atoms with Gasteiger partial charge < -0.3 is 20.1 Å². The first-order chi connectivity index (χ1) is 12.3. The Kier molecular flexibility index (Phi) is 10.5. The first kappa shape index (κ1) is 22.1. The van der Waals surface area contributed by atoms with Crippen LogP contribution in [0.2, 0.25) is 0 Å². The maximum Gasteiger partial charge on any atom is 0.195 e. The van der Waals surface area contributed by atoms with Crippen LogP contribution >= 0.6 is 24.0 Å². The van der Waals surface area contributed by atoms with E-state index in [4.69, 9.17) is 9.47 Å². The molecule has 0 fully saturated rings. The molecule has 0 amide bonds. The zero-order valence-corrected chi connectivity index (χ0v) is 17.9. The number of ether oxygens (including phenoxy) is 2. The molecule has 0 aliphatic rings. The predicted molar refractivity (Wildman–Crippen MR) is 116 cm³/mol. The molecule has 1 heterocycles. The molecule has 26 heavy (non-hydrogen) atoms. The highest BCUT2D eigenvalue weighted by molar-refractivity contribution is 14.0. The molecule has 1 aromatic carbocycles. The fourth-order valence-corrected chi connectivity index (χ4v) is 2.32. The zero-order chi connectivity index (χ0) is 17.9. The monoisotopic (exact) mass is 473 g/mol. The van der Waals surface area contributed by atoms with Crippen molar-refractivity contribution >= 4 is 35.6 Å². The van der Waals surface area contributed by atoms with E-state index >= 15 is 0 Å². The second-order valence-corrected chi connectivity index (χ2v) is 5.31. The predicted octanol–water partition coefficient (Wildman–Crippen LogP) is 3.38. The number of guanidine groups is 1. The van der Waals surface area contributed by atoms with E-state index < -0.39 is 0 Å². The standard InChI is InChI=1S/C18H27N5O2.HI/c1-4-19-18(20-10-6-12-23-13-7-11-21-23)22-15-8-9-16(25-5-2)17(14-15)24-3;/h7-9,11,13-14H,4-6,10,12H2,1-3H3,(H2,19,20,22);1H. The van der Waals surface area contributed by atoms with Gasteiger partial charge in [-0.3, -0.25) is 9.67 Å². The summed E-state index contributed by atoms with van der Waals surface area (Å²) in [5.74, 6) is 2.17. The Morgan fingerprint density at radius 1 is 1.27 bits per heavy atom. The van der Waals surface area contributed by atoms with Crippen molar-refractivity contribution in [1.82, 2.24) is 15.1 Å². The number of benzene rings is 1. The Hall–Kier alpha value is -1.97. The van der Waals surface area contributed by atoms with E-state index in [9.17, 15) is 0 Å². The van der Waals surface area contributed by atoms with Crippen LogP contribution in [-0.2, 0) is 6.54 Å². The van der Waals surface area contributed by atoms with Gasteiger partial charge in [0.1, 0.15) is 0 Å². The number of hydrogen-bond acceptors (Lipinski definition) is 4. The molecule has 1 aromatic heterocycles. The van der Waals surface area contributed by atoms with Crippen molar-refractivity contribution in [3.05, 3.63) is 36.7 Å². The van der Waals surface area contributed by atoms with Gasteiger partial charge in [-0.25, -0.2) is 0 Å². The van der Waals surface area contributed by atoms with Crippen LogP contribution in [0.5, 0.6) is 11.5 Å². The van der Waals surface area contributed by atoms with E-state index in [1.54, 1.807) is 13.3 Å². The van der Waals surface area contributed by atoms with Crippen molar-refractivity contribution in [3.63, 3.8) is 0 Å². The third-order valence-corrected chi connectivity index (χ3v) is 3.44. The Labute approximate surface area is 172 Å². The van der Waals surface area contributed by atoms with Gasteiger partial charge in [0.2, 0.25) is 0 Å². The summed E-state index contributed by atoms with van der Waals surface area (Å²) in [6.07, 6.45) is 4.67. The zero-order valence-electron chi connectivity index (χ0n) is 15.6. The van der Waals surface area contributed by atoms with Gasteiger partial charge in [-0.05, 0) is 38.5 Å². The highest BCUT2D eigenvalue weighted by Crippen LogP contribution is 2.30. The molecule has 0 saturated carbocycles. The normalized spacial score (nSPS) is 10.8. The van der Waals surface area contributed by atoms with Gasteiger partial charge in [-0.15, -0.1) is 24.0 Å². The number of aromatic nitrogens is 2. The largest absolute Gasteiger partial charge is 0.493 e. The Bertz CT molecular complexity index is 662. The minimum atomic E-state index is 0. The second kappa shape index (κ2) is 12.4. The lowest BCUT2D eigenvalue weighted by Crippen LogP contribution is -2.30. The molecule has 0 spiro atoms. The van der Waals surface area contributed by atoms with Gasteiger partial charge in [-0.1, -0.05) is 0 Å². The third-order valence-electron chi connectivity index (χ3n) is 3.44. The number of nitrogens with zero attached hydrogens (tertiary/aromatic N) is 3. The summed E-state index contributed by atoms with van der Waals surface area (Å²) in [6.45, 7) is 6.95. The number of rotatable bonds is 9. The molecule has 2 rings (SSSR count). The van der Waals surface area contributed by atoms with Crippen molar-refractivity contribution < 1.29 is 9.47 Å². The van der Waals surface area contributed by atoms with Crippen LogP contribution in [0.1, 0.15) is 20.3 Å². The van der Waals surface area contributed by atoms with E-state index in [-0.39, 0.29) is 24.0 Å². The van der Waals surface area contributed by atoms with Crippen LogP contribution in [-0.4, -0.2) is 42.5 Å². The van der Waals surface area contributed by atoms with Crippen LogP contribution in [0.4, 0.5) is 5.69 Å². The summed E-state index contributed by atoms with van der Waals surface area (Å²) in [5.41, 5.74) is 0.895. The quantitative estimate of drug-likeness (QED) is 0.253. The van der Waals surface area contributed by atoms with E-state index in [0.717, 1.165) is 36.9 Å². The van der Waals surface area contributed by atoms with E-state index in [1.165, 1.54) is 0 Å². The van der Waals surface area contributed by atoms with Gasteiger partial charge in [0, 0.05) is 43.8 Å². The highest BCUT2D eigenvalue weighted by Gasteiger charge is 2.06.